The molecule has 1 aromatic carbocycles. The summed E-state index contributed by atoms with van der Waals surface area (Å²) >= 11 is 0. The molecule has 0 atom stereocenters. The summed E-state index contributed by atoms with van der Waals surface area (Å²) in [4.78, 5) is 14.0. The van der Waals surface area contributed by atoms with Gasteiger partial charge in [-0.1, -0.05) is 25.5 Å². The lowest BCUT2D eigenvalue weighted by Gasteiger charge is -2.19. The van der Waals surface area contributed by atoms with Gasteiger partial charge in [0.1, 0.15) is 5.75 Å². The van der Waals surface area contributed by atoms with Crippen molar-refractivity contribution in [2.75, 3.05) is 24.8 Å². The molecule has 2 rings (SSSR count). The van der Waals surface area contributed by atoms with Crippen LogP contribution in [0.2, 0.25) is 0 Å². The highest BCUT2D eigenvalue weighted by atomic mass is 16.5. The Kier molecular flexibility index (Phi) is 4.47. The second kappa shape index (κ2) is 6.30. The molecular weight excluding hydrogens is 268 g/mol. The van der Waals surface area contributed by atoms with Gasteiger partial charge in [-0.05, 0) is 18.6 Å². The molecule has 1 aromatic heterocycles. The number of nitrogens with one attached hydrogen (secondary N) is 1. The summed E-state index contributed by atoms with van der Waals surface area (Å²) in [6.45, 7) is 2.04. The normalized spacial score (nSPS) is 10.4. The van der Waals surface area contributed by atoms with Crippen LogP contribution in [-0.2, 0) is 6.42 Å². The molecule has 0 aliphatic rings. The standard InChI is InChI=1S/C15H20N4O2/c1-4-7-10-13(16)14(18-17-10)15(20)19(2)11-8-5-6-9-12(11)21-3/h5-6,8-9H,4,7,16H2,1-3H3,(H,17,18). The summed E-state index contributed by atoms with van der Waals surface area (Å²) in [6.07, 6.45) is 1.70. The number of H-pyrrole nitrogens is 1. The molecule has 2 aromatic rings. The number of hydrogen-bond donors (Lipinski definition) is 2. The van der Waals surface area contributed by atoms with Gasteiger partial charge in [-0.15, -0.1) is 0 Å². The van der Waals surface area contributed by atoms with E-state index in [-0.39, 0.29) is 11.6 Å². The van der Waals surface area contributed by atoms with Crippen LogP contribution in [0.25, 0.3) is 0 Å². The van der Waals surface area contributed by atoms with Gasteiger partial charge in [0.25, 0.3) is 5.91 Å². The monoisotopic (exact) mass is 288 g/mol. The number of nitrogens with zero attached hydrogens (tertiary/aromatic N) is 2. The van der Waals surface area contributed by atoms with E-state index in [1.165, 1.54) is 4.90 Å². The zero-order chi connectivity index (χ0) is 15.4. The molecule has 0 radical (unpaired) electrons. The van der Waals surface area contributed by atoms with Crippen LogP contribution >= 0.6 is 0 Å². The Labute approximate surface area is 123 Å². The van der Waals surface area contributed by atoms with Crippen LogP contribution in [0.15, 0.2) is 24.3 Å². The van der Waals surface area contributed by atoms with Gasteiger partial charge in [-0.3, -0.25) is 9.89 Å². The van der Waals surface area contributed by atoms with Crippen molar-refractivity contribution < 1.29 is 9.53 Å². The van der Waals surface area contributed by atoms with Crippen LogP contribution < -0.4 is 15.4 Å². The van der Waals surface area contributed by atoms with Gasteiger partial charge in [0.2, 0.25) is 0 Å². The number of aromatic amines is 1. The molecule has 0 spiro atoms. The van der Waals surface area contributed by atoms with E-state index in [0.717, 1.165) is 18.5 Å². The average molecular weight is 288 g/mol. The summed E-state index contributed by atoms with van der Waals surface area (Å²) in [5.41, 5.74) is 8.14. The van der Waals surface area contributed by atoms with Gasteiger partial charge in [0.05, 0.1) is 24.2 Å². The van der Waals surface area contributed by atoms with Crippen LogP contribution in [0.4, 0.5) is 11.4 Å². The number of anilines is 2. The van der Waals surface area contributed by atoms with Gasteiger partial charge in [-0.2, -0.15) is 5.10 Å². The smallest absolute Gasteiger partial charge is 0.280 e. The molecule has 3 N–H and O–H groups in total. The maximum Gasteiger partial charge on any atom is 0.280 e. The fourth-order valence-corrected chi connectivity index (χ4v) is 2.17. The van der Waals surface area contributed by atoms with Gasteiger partial charge in [-0.25, -0.2) is 0 Å². The quantitative estimate of drug-likeness (QED) is 0.883. The van der Waals surface area contributed by atoms with Crippen LogP contribution in [0.5, 0.6) is 5.75 Å². The summed E-state index contributed by atoms with van der Waals surface area (Å²) in [7, 11) is 3.24. The van der Waals surface area contributed by atoms with Crippen molar-refractivity contribution in [3.05, 3.63) is 35.7 Å². The highest BCUT2D eigenvalue weighted by Crippen LogP contribution is 2.28. The Hall–Kier alpha value is -2.50. The second-order valence-electron chi connectivity index (χ2n) is 4.75. The fourth-order valence-electron chi connectivity index (χ4n) is 2.17. The van der Waals surface area contributed by atoms with Crippen molar-refractivity contribution >= 4 is 17.3 Å². The van der Waals surface area contributed by atoms with Crippen LogP contribution in [0.3, 0.4) is 0 Å². The largest absolute Gasteiger partial charge is 0.495 e. The number of amides is 1. The van der Waals surface area contributed by atoms with E-state index in [9.17, 15) is 4.79 Å². The fraction of sp³-hybridized carbons (Fsp3) is 0.333. The van der Waals surface area contributed by atoms with E-state index in [0.29, 0.717) is 17.1 Å². The van der Waals surface area contributed by atoms with Crippen molar-refractivity contribution in [1.29, 1.82) is 0 Å². The first kappa shape index (κ1) is 14.9. The maximum atomic E-state index is 12.6. The number of nitrogens with two attached hydrogens (primary N) is 1. The van der Waals surface area contributed by atoms with Crippen molar-refractivity contribution in [2.45, 2.75) is 19.8 Å². The first-order valence-corrected chi connectivity index (χ1v) is 6.83. The Bertz CT molecular complexity index is 636. The number of benzene rings is 1. The van der Waals surface area contributed by atoms with E-state index in [4.69, 9.17) is 10.5 Å². The van der Waals surface area contributed by atoms with E-state index in [1.54, 1.807) is 20.2 Å². The van der Waals surface area contributed by atoms with E-state index in [1.807, 2.05) is 25.1 Å². The summed E-state index contributed by atoms with van der Waals surface area (Å²) in [5, 5.41) is 6.89. The summed E-state index contributed by atoms with van der Waals surface area (Å²) in [6, 6.07) is 7.31. The molecule has 6 heteroatoms. The molecule has 0 unspecified atom stereocenters. The Morgan fingerprint density at radius 1 is 1.43 bits per heavy atom. The number of para-hydroxylation sites is 2. The van der Waals surface area contributed by atoms with E-state index in [2.05, 4.69) is 10.2 Å². The van der Waals surface area contributed by atoms with Crippen LogP contribution in [-0.4, -0.2) is 30.3 Å². The molecule has 21 heavy (non-hydrogen) atoms. The molecule has 0 bridgehead atoms. The molecule has 0 aliphatic heterocycles. The molecule has 6 nitrogen and oxygen atoms in total. The van der Waals surface area contributed by atoms with Gasteiger partial charge >= 0.3 is 0 Å². The molecule has 1 heterocycles. The first-order valence-electron chi connectivity index (χ1n) is 6.83. The lowest BCUT2D eigenvalue weighted by atomic mass is 10.2. The molecular formula is C15H20N4O2. The van der Waals surface area contributed by atoms with E-state index < -0.39 is 0 Å². The third kappa shape index (κ3) is 2.84. The minimum atomic E-state index is -0.268. The van der Waals surface area contributed by atoms with E-state index >= 15 is 0 Å². The Morgan fingerprint density at radius 3 is 2.81 bits per heavy atom. The minimum Gasteiger partial charge on any atom is -0.495 e. The topological polar surface area (TPSA) is 84.2 Å². The number of rotatable bonds is 5. The molecule has 0 saturated carbocycles. The van der Waals surface area contributed by atoms with Gasteiger partial charge < -0.3 is 15.4 Å². The van der Waals surface area contributed by atoms with Crippen molar-refractivity contribution in [3.8, 4) is 5.75 Å². The maximum absolute atomic E-state index is 12.6. The zero-order valence-electron chi connectivity index (χ0n) is 12.5. The lowest BCUT2D eigenvalue weighted by molar-refractivity contribution is 0.0988. The average Bonchev–Trinajstić information content (AvgIpc) is 2.87. The number of aromatic nitrogens is 2. The molecule has 0 saturated heterocycles. The Morgan fingerprint density at radius 2 is 2.14 bits per heavy atom. The molecule has 1 amide bonds. The first-order chi connectivity index (χ1) is 10.1. The highest BCUT2D eigenvalue weighted by molar-refractivity contribution is 6.08. The second-order valence-corrected chi connectivity index (χ2v) is 4.75. The Balaban J connectivity index is 2.31. The third-order valence-corrected chi connectivity index (χ3v) is 3.34. The molecule has 0 fully saturated rings. The number of carbonyl (C=O) groups excluding carboxylic acids is 1. The summed E-state index contributed by atoms with van der Waals surface area (Å²) in [5.74, 6) is 0.354. The van der Waals surface area contributed by atoms with Crippen LogP contribution in [0, 0.1) is 0 Å². The zero-order valence-corrected chi connectivity index (χ0v) is 12.5. The number of carbonyl (C=O) groups is 1. The minimum absolute atomic E-state index is 0.242. The van der Waals surface area contributed by atoms with Gasteiger partial charge in [0, 0.05) is 7.05 Å². The number of nitrogen functional groups attached to an aromatic ring is 1. The van der Waals surface area contributed by atoms with Crippen molar-refractivity contribution in [1.82, 2.24) is 10.2 Å². The van der Waals surface area contributed by atoms with Crippen LogP contribution in [0.1, 0.15) is 29.5 Å². The SMILES string of the molecule is CCCc1[nH]nc(C(=O)N(C)c2ccccc2OC)c1N. The third-order valence-electron chi connectivity index (χ3n) is 3.34. The lowest BCUT2D eigenvalue weighted by Crippen LogP contribution is -2.27. The van der Waals surface area contributed by atoms with Crippen molar-refractivity contribution in [3.63, 3.8) is 0 Å². The number of methoxy groups -OCH3 is 1. The summed E-state index contributed by atoms with van der Waals surface area (Å²) < 4.78 is 5.27. The number of aryl methyl sites for hydroxylation is 1. The molecule has 112 valence electrons. The number of ether oxygens (including phenoxy) is 1. The number of hydrogen-bond acceptors (Lipinski definition) is 4. The van der Waals surface area contributed by atoms with Crippen molar-refractivity contribution in [2.24, 2.45) is 0 Å². The molecule has 0 aliphatic carbocycles. The highest BCUT2D eigenvalue weighted by Gasteiger charge is 2.22. The van der Waals surface area contributed by atoms with Gasteiger partial charge in [0.15, 0.2) is 5.69 Å². The predicted molar refractivity (Wildman–Crippen MR) is 82.7 cm³/mol. The predicted octanol–water partition coefficient (Wildman–Crippen LogP) is 2.23.